The van der Waals surface area contributed by atoms with E-state index in [2.05, 4.69) is 10.3 Å². The third-order valence-electron chi connectivity index (χ3n) is 2.93. The van der Waals surface area contributed by atoms with Crippen molar-refractivity contribution in [1.82, 2.24) is 15.0 Å². The van der Waals surface area contributed by atoms with Crippen LogP contribution in [0.1, 0.15) is 0 Å². The number of aromatic nitrogens is 3. The van der Waals surface area contributed by atoms with Crippen LogP contribution in [0.5, 0.6) is 11.6 Å². The second-order valence-electron chi connectivity index (χ2n) is 4.54. The standard InChI is InChI=1S/C15H10N4O5/c20-15(23-13-8-6-12(7-9-13)19(21)22)24-14-10-18(17-16-14)11-4-2-1-3-5-11/h1-10H. The normalized spacial score (nSPS) is 10.2. The van der Waals surface area contributed by atoms with Crippen molar-refractivity contribution < 1.29 is 19.2 Å². The minimum Gasteiger partial charge on any atom is -0.395 e. The molecule has 0 amide bonds. The zero-order chi connectivity index (χ0) is 16.9. The van der Waals surface area contributed by atoms with E-state index in [1.54, 1.807) is 0 Å². The van der Waals surface area contributed by atoms with Gasteiger partial charge >= 0.3 is 6.16 Å². The third kappa shape index (κ3) is 3.53. The monoisotopic (exact) mass is 326 g/mol. The highest BCUT2D eigenvalue weighted by molar-refractivity contribution is 5.66. The highest BCUT2D eigenvalue weighted by Gasteiger charge is 2.13. The average Bonchev–Trinajstić information content (AvgIpc) is 3.04. The van der Waals surface area contributed by atoms with Crippen LogP contribution in [-0.2, 0) is 0 Å². The van der Waals surface area contributed by atoms with E-state index in [1.807, 2.05) is 30.3 Å². The van der Waals surface area contributed by atoms with E-state index in [-0.39, 0.29) is 17.3 Å². The molecule has 0 fully saturated rings. The molecule has 1 heterocycles. The Hall–Kier alpha value is -3.75. The molecular weight excluding hydrogens is 316 g/mol. The maximum Gasteiger partial charge on any atom is 0.520 e. The molecule has 0 spiro atoms. The topological polar surface area (TPSA) is 109 Å². The lowest BCUT2D eigenvalue weighted by Crippen LogP contribution is -2.13. The van der Waals surface area contributed by atoms with Crippen LogP contribution in [0, 0.1) is 10.1 Å². The van der Waals surface area contributed by atoms with E-state index in [1.165, 1.54) is 35.1 Å². The summed E-state index contributed by atoms with van der Waals surface area (Å²) in [5.74, 6) is 0.0758. The van der Waals surface area contributed by atoms with E-state index in [0.717, 1.165) is 5.69 Å². The molecule has 0 aliphatic carbocycles. The van der Waals surface area contributed by atoms with Crippen molar-refractivity contribution in [3.05, 3.63) is 70.9 Å². The van der Waals surface area contributed by atoms with Gasteiger partial charge in [-0.05, 0) is 24.3 Å². The second-order valence-corrected chi connectivity index (χ2v) is 4.54. The van der Waals surface area contributed by atoms with Crippen LogP contribution in [0.4, 0.5) is 10.5 Å². The molecule has 0 aliphatic rings. The van der Waals surface area contributed by atoms with Crippen molar-refractivity contribution in [3.63, 3.8) is 0 Å². The second kappa shape index (κ2) is 6.57. The van der Waals surface area contributed by atoms with Crippen molar-refractivity contribution in [2.24, 2.45) is 0 Å². The third-order valence-corrected chi connectivity index (χ3v) is 2.93. The molecule has 9 heteroatoms. The number of nitro groups is 1. The number of benzene rings is 2. The Morgan fingerprint density at radius 1 is 1.04 bits per heavy atom. The molecule has 0 aliphatic heterocycles. The molecule has 9 nitrogen and oxygen atoms in total. The molecule has 3 rings (SSSR count). The maximum absolute atomic E-state index is 11.7. The van der Waals surface area contributed by atoms with Crippen LogP contribution in [-0.4, -0.2) is 26.1 Å². The maximum atomic E-state index is 11.7. The smallest absolute Gasteiger partial charge is 0.395 e. The van der Waals surface area contributed by atoms with Gasteiger partial charge in [0.25, 0.3) is 11.6 Å². The van der Waals surface area contributed by atoms with E-state index < -0.39 is 11.1 Å². The van der Waals surface area contributed by atoms with Gasteiger partial charge in [-0.2, -0.15) is 0 Å². The first kappa shape index (κ1) is 15.2. The predicted molar refractivity (Wildman–Crippen MR) is 81.1 cm³/mol. The first-order chi connectivity index (χ1) is 11.6. The van der Waals surface area contributed by atoms with Crippen molar-refractivity contribution in [2.45, 2.75) is 0 Å². The van der Waals surface area contributed by atoms with Gasteiger partial charge in [0.05, 0.1) is 16.8 Å². The van der Waals surface area contributed by atoms with Crippen LogP contribution >= 0.6 is 0 Å². The molecular formula is C15H10N4O5. The first-order valence-electron chi connectivity index (χ1n) is 6.74. The summed E-state index contributed by atoms with van der Waals surface area (Å²) < 4.78 is 11.3. The Labute approximate surface area is 135 Å². The lowest BCUT2D eigenvalue weighted by Gasteiger charge is -2.02. The number of nitrogens with zero attached hydrogens (tertiary/aromatic N) is 4. The van der Waals surface area contributed by atoms with Gasteiger partial charge in [-0.1, -0.05) is 28.5 Å². The molecule has 1 aromatic heterocycles. The number of ether oxygens (including phenoxy) is 2. The lowest BCUT2D eigenvalue weighted by atomic mass is 10.3. The fourth-order valence-corrected chi connectivity index (χ4v) is 1.84. The number of para-hydroxylation sites is 1. The summed E-state index contributed by atoms with van der Waals surface area (Å²) in [6.07, 6.45) is 0.399. The number of carbonyl (C=O) groups is 1. The van der Waals surface area contributed by atoms with Crippen LogP contribution in [0.3, 0.4) is 0 Å². The molecule has 0 saturated heterocycles. The molecule has 3 aromatic rings. The summed E-state index contributed by atoms with van der Waals surface area (Å²) in [4.78, 5) is 21.7. The Morgan fingerprint density at radius 2 is 1.75 bits per heavy atom. The van der Waals surface area contributed by atoms with Crippen molar-refractivity contribution in [3.8, 4) is 17.3 Å². The highest BCUT2D eigenvalue weighted by Crippen LogP contribution is 2.18. The summed E-state index contributed by atoms with van der Waals surface area (Å²) in [5.41, 5.74) is 0.644. The lowest BCUT2D eigenvalue weighted by molar-refractivity contribution is -0.384. The minimum atomic E-state index is -1.02. The van der Waals surface area contributed by atoms with E-state index in [9.17, 15) is 14.9 Å². The van der Waals surface area contributed by atoms with E-state index >= 15 is 0 Å². The summed E-state index contributed by atoms with van der Waals surface area (Å²) in [7, 11) is 0. The molecule has 0 atom stereocenters. The number of rotatable bonds is 4. The van der Waals surface area contributed by atoms with Gasteiger partial charge in [0.1, 0.15) is 5.75 Å². The van der Waals surface area contributed by atoms with Gasteiger partial charge in [0, 0.05) is 12.1 Å². The van der Waals surface area contributed by atoms with Gasteiger partial charge in [0.2, 0.25) is 0 Å². The van der Waals surface area contributed by atoms with Crippen molar-refractivity contribution in [2.75, 3.05) is 0 Å². The van der Waals surface area contributed by atoms with E-state index in [0.29, 0.717) is 0 Å². The molecule has 2 aromatic carbocycles. The molecule has 24 heavy (non-hydrogen) atoms. The Kier molecular flexibility index (Phi) is 4.15. The van der Waals surface area contributed by atoms with Crippen LogP contribution < -0.4 is 9.47 Å². The molecule has 0 saturated carbocycles. The molecule has 0 radical (unpaired) electrons. The number of nitro benzene ring substituents is 1. The largest absolute Gasteiger partial charge is 0.520 e. The molecule has 0 unspecified atom stereocenters. The van der Waals surface area contributed by atoms with Gasteiger partial charge in [0.15, 0.2) is 0 Å². The van der Waals surface area contributed by atoms with Gasteiger partial charge < -0.3 is 9.47 Å². The molecule has 0 N–H and O–H groups in total. The summed E-state index contributed by atoms with van der Waals surface area (Å²) in [6.45, 7) is 0. The van der Waals surface area contributed by atoms with Crippen molar-refractivity contribution >= 4 is 11.8 Å². The summed E-state index contributed by atoms with van der Waals surface area (Å²) in [6, 6.07) is 14.2. The Balaban J connectivity index is 1.63. The first-order valence-corrected chi connectivity index (χ1v) is 6.74. The van der Waals surface area contributed by atoms with Crippen LogP contribution in [0.15, 0.2) is 60.8 Å². The number of hydrogen-bond acceptors (Lipinski definition) is 7. The fraction of sp³-hybridized carbons (Fsp3) is 0. The Morgan fingerprint density at radius 3 is 2.42 bits per heavy atom. The number of hydrogen-bond donors (Lipinski definition) is 0. The minimum absolute atomic E-state index is 0.0363. The predicted octanol–water partition coefficient (Wildman–Crippen LogP) is 2.75. The zero-order valence-corrected chi connectivity index (χ0v) is 12.1. The van der Waals surface area contributed by atoms with Crippen molar-refractivity contribution in [1.29, 1.82) is 0 Å². The number of non-ortho nitro benzene ring substituents is 1. The summed E-state index contributed by atoms with van der Waals surface area (Å²) >= 11 is 0. The van der Waals surface area contributed by atoms with Gasteiger partial charge in [-0.25, -0.2) is 9.48 Å². The summed E-state index contributed by atoms with van der Waals surface area (Å²) in [5, 5.41) is 18.1. The van der Waals surface area contributed by atoms with Gasteiger partial charge in [-0.15, -0.1) is 0 Å². The highest BCUT2D eigenvalue weighted by atomic mass is 16.7. The quantitative estimate of drug-likeness (QED) is 0.314. The van der Waals surface area contributed by atoms with Crippen LogP contribution in [0.2, 0.25) is 0 Å². The number of carbonyl (C=O) groups excluding carboxylic acids is 1. The fourth-order valence-electron chi connectivity index (χ4n) is 1.84. The Bertz CT molecular complexity index is 861. The van der Waals surface area contributed by atoms with E-state index in [4.69, 9.17) is 9.47 Å². The SMILES string of the molecule is O=C(Oc1ccc([N+](=O)[O-])cc1)Oc1cn(-c2ccccc2)nn1. The van der Waals surface area contributed by atoms with Crippen LogP contribution in [0.25, 0.3) is 5.69 Å². The molecule has 120 valence electrons. The molecule has 0 bridgehead atoms. The van der Waals surface area contributed by atoms with Gasteiger partial charge in [-0.3, -0.25) is 10.1 Å². The zero-order valence-electron chi connectivity index (χ0n) is 12.1. The average molecular weight is 326 g/mol.